The van der Waals surface area contributed by atoms with Gasteiger partial charge in [-0.05, 0) is 77.2 Å². The summed E-state index contributed by atoms with van der Waals surface area (Å²) in [6.07, 6.45) is 1.21. The van der Waals surface area contributed by atoms with Gasteiger partial charge in [-0.3, -0.25) is 0 Å². The molecule has 0 spiro atoms. The van der Waals surface area contributed by atoms with E-state index in [0.717, 1.165) is 0 Å². The number of hydrogen-bond donors (Lipinski definition) is 0. The molecule has 0 saturated heterocycles. The van der Waals surface area contributed by atoms with Crippen LogP contribution in [0.2, 0.25) is 13.1 Å². The first kappa shape index (κ1) is 20.6. The van der Waals surface area contributed by atoms with Crippen molar-refractivity contribution in [2.75, 3.05) is 0 Å². The maximum absolute atomic E-state index is 2.69. The Hall–Kier alpha value is -1.94. The second-order valence-electron chi connectivity index (χ2n) is 10.4. The van der Waals surface area contributed by atoms with Crippen LogP contribution < -0.4 is 0 Å². The third-order valence-electron chi connectivity index (χ3n) is 7.86. The van der Waals surface area contributed by atoms with Gasteiger partial charge in [0.05, 0.1) is 8.07 Å². The summed E-state index contributed by atoms with van der Waals surface area (Å²) in [7, 11) is -1.73. The van der Waals surface area contributed by atoms with Crippen LogP contribution in [0.15, 0.2) is 60.7 Å². The SMILES string of the molecule is Cc1cc2c(s1)C([Si](C)(C)C1c3cccc(-c4ccccc4)c3CC1C)c1sc(C)cc1-2. The smallest absolute Gasteiger partial charge is 0.0704 e. The van der Waals surface area contributed by atoms with Crippen molar-refractivity contribution in [2.24, 2.45) is 5.92 Å². The summed E-state index contributed by atoms with van der Waals surface area (Å²) < 4.78 is 0. The molecular formula is C29H30S2Si. The van der Waals surface area contributed by atoms with E-state index in [-0.39, 0.29) is 0 Å². The van der Waals surface area contributed by atoms with Crippen LogP contribution >= 0.6 is 22.7 Å². The Morgan fingerprint density at radius 1 is 0.781 bits per heavy atom. The van der Waals surface area contributed by atoms with Crippen LogP contribution in [0, 0.1) is 19.8 Å². The Kier molecular flexibility index (Phi) is 4.70. The van der Waals surface area contributed by atoms with Gasteiger partial charge in [-0.25, -0.2) is 0 Å². The fourth-order valence-corrected chi connectivity index (χ4v) is 15.8. The van der Waals surface area contributed by atoms with Gasteiger partial charge in [0.25, 0.3) is 0 Å². The quantitative estimate of drug-likeness (QED) is 0.262. The first-order chi connectivity index (χ1) is 15.4. The van der Waals surface area contributed by atoms with Gasteiger partial charge in [-0.2, -0.15) is 0 Å². The van der Waals surface area contributed by atoms with Crippen LogP contribution in [0.4, 0.5) is 0 Å². The lowest BCUT2D eigenvalue weighted by molar-refractivity contribution is 0.587. The van der Waals surface area contributed by atoms with Gasteiger partial charge >= 0.3 is 0 Å². The van der Waals surface area contributed by atoms with E-state index in [1.807, 2.05) is 0 Å². The van der Waals surface area contributed by atoms with Crippen molar-refractivity contribution in [2.45, 2.75) is 51.4 Å². The number of thiophene rings is 2. The van der Waals surface area contributed by atoms with Crippen molar-refractivity contribution >= 4 is 30.7 Å². The molecule has 0 nitrogen and oxygen atoms in total. The average molecular weight is 471 g/mol. The lowest BCUT2D eigenvalue weighted by Gasteiger charge is -2.38. The molecule has 2 aliphatic carbocycles. The van der Waals surface area contributed by atoms with Crippen molar-refractivity contribution in [3.63, 3.8) is 0 Å². The molecule has 2 aliphatic rings. The molecule has 162 valence electrons. The summed E-state index contributed by atoms with van der Waals surface area (Å²) in [6.45, 7) is 12.5. The predicted molar refractivity (Wildman–Crippen MR) is 144 cm³/mol. The van der Waals surface area contributed by atoms with Crippen molar-refractivity contribution in [3.8, 4) is 22.3 Å². The van der Waals surface area contributed by atoms with E-state index >= 15 is 0 Å². The normalized spacial score (nSPS) is 19.8. The van der Waals surface area contributed by atoms with Crippen LogP contribution in [0.3, 0.4) is 0 Å². The molecule has 2 unspecified atom stereocenters. The fraction of sp³-hybridized carbons (Fsp3) is 0.310. The van der Waals surface area contributed by atoms with Gasteiger partial charge in [0, 0.05) is 25.0 Å². The second kappa shape index (κ2) is 7.28. The van der Waals surface area contributed by atoms with Gasteiger partial charge in [0.1, 0.15) is 0 Å². The van der Waals surface area contributed by atoms with Crippen LogP contribution in [0.25, 0.3) is 22.3 Å². The minimum Gasteiger partial charge on any atom is -0.145 e. The molecule has 0 bridgehead atoms. The molecule has 2 atom stereocenters. The number of benzene rings is 2. The summed E-state index contributed by atoms with van der Waals surface area (Å²) in [6, 6.07) is 23.0. The molecule has 0 fully saturated rings. The van der Waals surface area contributed by atoms with Gasteiger partial charge in [-0.15, -0.1) is 22.7 Å². The largest absolute Gasteiger partial charge is 0.145 e. The average Bonchev–Trinajstić information content (AvgIpc) is 3.46. The van der Waals surface area contributed by atoms with E-state index in [4.69, 9.17) is 0 Å². The molecule has 3 heteroatoms. The molecule has 0 N–H and O–H groups in total. The van der Waals surface area contributed by atoms with E-state index in [9.17, 15) is 0 Å². The zero-order valence-corrected chi connectivity index (χ0v) is 22.2. The Labute approximate surface area is 201 Å². The molecule has 0 aliphatic heterocycles. The van der Waals surface area contributed by atoms with Crippen LogP contribution in [-0.4, -0.2) is 8.07 Å². The molecule has 32 heavy (non-hydrogen) atoms. The molecule has 0 saturated carbocycles. The molecule has 2 heterocycles. The van der Waals surface area contributed by atoms with Crippen LogP contribution in [0.1, 0.15) is 48.6 Å². The third-order valence-corrected chi connectivity index (χ3v) is 15.1. The lowest BCUT2D eigenvalue weighted by atomic mass is 9.97. The standard InChI is InChI=1S/C29H30S2Si/c1-17-14-23-21(20-10-7-6-8-11-20)12-9-13-22(23)28(17)32(4,5)29-26-24(15-18(2)30-26)25-16-19(3)31-27(25)29/h6-13,15-17,28-29H,14H2,1-5H3. The first-order valence-electron chi connectivity index (χ1n) is 11.7. The van der Waals surface area contributed by atoms with E-state index in [2.05, 4.69) is 117 Å². The van der Waals surface area contributed by atoms with Crippen molar-refractivity contribution in [3.05, 3.63) is 91.3 Å². The number of hydrogen-bond acceptors (Lipinski definition) is 2. The zero-order valence-electron chi connectivity index (χ0n) is 19.5. The topological polar surface area (TPSA) is 0 Å². The molecule has 0 radical (unpaired) electrons. The van der Waals surface area contributed by atoms with Crippen LogP contribution in [-0.2, 0) is 6.42 Å². The number of rotatable bonds is 3. The highest BCUT2D eigenvalue weighted by Crippen LogP contribution is 2.60. The van der Waals surface area contributed by atoms with Crippen molar-refractivity contribution in [1.29, 1.82) is 0 Å². The van der Waals surface area contributed by atoms with Crippen molar-refractivity contribution < 1.29 is 0 Å². The summed E-state index contributed by atoms with van der Waals surface area (Å²) >= 11 is 4.12. The van der Waals surface area contributed by atoms with Gasteiger partial charge < -0.3 is 0 Å². The maximum Gasteiger partial charge on any atom is 0.0704 e. The highest BCUT2D eigenvalue weighted by molar-refractivity contribution is 7.16. The monoisotopic (exact) mass is 470 g/mol. The highest BCUT2D eigenvalue weighted by Gasteiger charge is 2.51. The number of fused-ring (bicyclic) bond motifs is 4. The summed E-state index contributed by atoms with van der Waals surface area (Å²) in [4.78, 5) is 6.26. The predicted octanol–water partition coefficient (Wildman–Crippen LogP) is 8.97. The first-order valence-corrected chi connectivity index (χ1v) is 16.5. The molecular weight excluding hydrogens is 441 g/mol. The lowest BCUT2D eigenvalue weighted by Crippen LogP contribution is -2.43. The fourth-order valence-electron chi connectivity index (χ4n) is 6.78. The Morgan fingerprint density at radius 2 is 1.41 bits per heavy atom. The van der Waals surface area contributed by atoms with Crippen LogP contribution in [0.5, 0.6) is 0 Å². The number of aryl methyl sites for hydroxylation is 2. The zero-order chi connectivity index (χ0) is 22.2. The van der Waals surface area contributed by atoms with E-state index < -0.39 is 8.07 Å². The molecule has 0 amide bonds. The Balaban J connectivity index is 1.50. The maximum atomic E-state index is 2.69. The van der Waals surface area contributed by atoms with E-state index in [1.54, 1.807) is 32.0 Å². The third kappa shape index (κ3) is 2.91. The summed E-state index contributed by atoms with van der Waals surface area (Å²) in [5, 5.41) is 0. The molecule has 6 rings (SSSR count). The second-order valence-corrected chi connectivity index (χ2v) is 17.8. The Bertz CT molecular complexity index is 1280. The van der Waals surface area contributed by atoms with Crippen molar-refractivity contribution in [1.82, 2.24) is 0 Å². The summed E-state index contributed by atoms with van der Waals surface area (Å²) in [5.74, 6) is 0.700. The molecule has 2 aromatic heterocycles. The van der Waals surface area contributed by atoms with Gasteiger partial charge in [0.15, 0.2) is 0 Å². The van der Waals surface area contributed by atoms with E-state index in [0.29, 0.717) is 17.0 Å². The molecule has 2 aromatic carbocycles. The minimum absolute atomic E-state index is 0.628. The van der Waals surface area contributed by atoms with Gasteiger partial charge in [0.2, 0.25) is 0 Å². The molecule has 4 aromatic rings. The summed E-state index contributed by atoms with van der Waals surface area (Å²) in [5.41, 5.74) is 10.5. The highest BCUT2D eigenvalue weighted by atomic mass is 32.1. The van der Waals surface area contributed by atoms with Gasteiger partial charge in [-0.1, -0.05) is 68.5 Å². The Morgan fingerprint density at radius 3 is 2.03 bits per heavy atom. The van der Waals surface area contributed by atoms with E-state index in [1.165, 1.54) is 27.3 Å². The minimum atomic E-state index is -1.73.